The highest BCUT2D eigenvalue weighted by Gasteiger charge is 2.15. The lowest BCUT2D eigenvalue weighted by Gasteiger charge is -2.11. The third-order valence-corrected chi connectivity index (χ3v) is 3.60. The minimum Gasteiger partial charge on any atom is -0.460 e. The molecular formula is C16H19Cl4N3O2. The SMILES string of the molecule is Cl.Cl.N[C@@H](CCCc1cccnc1)C(=O)OCc1cc(Cl)nc(Cl)c1. The number of carbonyl (C=O) groups is 1. The van der Waals surface area contributed by atoms with Crippen LogP contribution in [0.15, 0.2) is 36.7 Å². The van der Waals surface area contributed by atoms with Gasteiger partial charge in [0, 0.05) is 12.4 Å². The van der Waals surface area contributed by atoms with Crippen LogP contribution >= 0.6 is 48.0 Å². The number of hydrogen-bond donors (Lipinski definition) is 1. The Labute approximate surface area is 169 Å². The smallest absolute Gasteiger partial charge is 0.323 e. The lowest BCUT2D eigenvalue weighted by Crippen LogP contribution is -2.32. The Morgan fingerprint density at radius 1 is 1.20 bits per heavy atom. The monoisotopic (exact) mass is 425 g/mol. The van der Waals surface area contributed by atoms with Crippen LogP contribution in [0.3, 0.4) is 0 Å². The maximum absolute atomic E-state index is 11.9. The Hall–Kier alpha value is -1.11. The summed E-state index contributed by atoms with van der Waals surface area (Å²) in [5.41, 5.74) is 7.64. The molecule has 0 spiro atoms. The molecule has 0 aromatic carbocycles. The zero-order valence-electron chi connectivity index (χ0n) is 13.2. The third-order valence-electron chi connectivity index (χ3n) is 3.21. The number of aromatic nitrogens is 2. The molecule has 5 nitrogen and oxygen atoms in total. The van der Waals surface area contributed by atoms with Crippen LogP contribution in [0.4, 0.5) is 0 Å². The van der Waals surface area contributed by atoms with Gasteiger partial charge in [-0.15, -0.1) is 24.8 Å². The van der Waals surface area contributed by atoms with Crippen LogP contribution in [0.25, 0.3) is 0 Å². The summed E-state index contributed by atoms with van der Waals surface area (Å²) < 4.78 is 5.18. The Morgan fingerprint density at radius 2 is 1.88 bits per heavy atom. The molecule has 0 aliphatic heterocycles. The molecule has 0 fully saturated rings. The summed E-state index contributed by atoms with van der Waals surface area (Å²) in [5, 5.41) is 0.508. The zero-order chi connectivity index (χ0) is 16.7. The summed E-state index contributed by atoms with van der Waals surface area (Å²) in [5.74, 6) is -0.444. The predicted molar refractivity (Wildman–Crippen MR) is 104 cm³/mol. The summed E-state index contributed by atoms with van der Waals surface area (Å²) in [6.07, 6.45) is 5.69. The van der Waals surface area contributed by atoms with E-state index in [0.29, 0.717) is 12.0 Å². The number of nitrogens with zero attached hydrogens (tertiary/aromatic N) is 2. The molecule has 0 saturated heterocycles. The van der Waals surface area contributed by atoms with Gasteiger partial charge in [0.15, 0.2) is 0 Å². The van der Waals surface area contributed by atoms with E-state index in [1.165, 1.54) is 0 Å². The van der Waals surface area contributed by atoms with Gasteiger partial charge in [-0.1, -0.05) is 29.3 Å². The second kappa shape index (κ2) is 12.3. The van der Waals surface area contributed by atoms with Crippen molar-refractivity contribution in [3.8, 4) is 0 Å². The number of rotatable bonds is 7. The Morgan fingerprint density at radius 3 is 2.48 bits per heavy atom. The first-order chi connectivity index (χ1) is 11.0. The molecule has 9 heteroatoms. The number of ether oxygens (including phenoxy) is 1. The average molecular weight is 427 g/mol. The van der Waals surface area contributed by atoms with Crippen LogP contribution in [-0.4, -0.2) is 22.0 Å². The summed E-state index contributed by atoms with van der Waals surface area (Å²) in [6.45, 7) is 0.0666. The van der Waals surface area contributed by atoms with E-state index in [1.54, 1.807) is 24.5 Å². The first kappa shape index (κ1) is 23.9. The molecule has 2 heterocycles. The number of esters is 1. The van der Waals surface area contributed by atoms with Gasteiger partial charge in [-0.2, -0.15) is 0 Å². The van der Waals surface area contributed by atoms with Crippen LogP contribution in [-0.2, 0) is 22.6 Å². The number of pyridine rings is 2. The number of nitrogens with two attached hydrogens (primary N) is 1. The van der Waals surface area contributed by atoms with Gasteiger partial charge in [0.1, 0.15) is 23.0 Å². The van der Waals surface area contributed by atoms with E-state index in [9.17, 15) is 4.79 Å². The van der Waals surface area contributed by atoms with Crippen LogP contribution in [0, 0.1) is 0 Å². The van der Waals surface area contributed by atoms with Crippen LogP contribution in [0.2, 0.25) is 10.3 Å². The summed E-state index contributed by atoms with van der Waals surface area (Å²) >= 11 is 11.6. The minimum absolute atomic E-state index is 0. The van der Waals surface area contributed by atoms with E-state index < -0.39 is 12.0 Å². The van der Waals surface area contributed by atoms with E-state index in [0.717, 1.165) is 18.4 Å². The molecule has 0 unspecified atom stereocenters. The topological polar surface area (TPSA) is 78.1 Å². The van der Waals surface area contributed by atoms with Crippen molar-refractivity contribution in [1.29, 1.82) is 0 Å². The second-order valence-corrected chi connectivity index (χ2v) is 5.86. The quantitative estimate of drug-likeness (QED) is 0.534. The molecular weight excluding hydrogens is 408 g/mol. The molecule has 0 aliphatic carbocycles. The minimum atomic E-state index is -0.653. The highest BCUT2D eigenvalue weighted by Crippen LogP contribution is 2.15. The van der Waals surface area contributed by atoms with Crippen molar-refractivity contribution in [1.82, 2.24) is 9.97 Å². The maximum atomic E-state index is 11.9. The Balaban J connectivity index is 0.00000288. The number of halogens is 4. The predicted octanol–water partition coefficient (Wildman–Crippen LogP) is 4.02. The second-order valence-electron chi connectivity index (χ2n) is 5.09. The first-order valence-electron chi connectivity index (χ1n) is 7.17. The van der Waals surface area contributed by atoms with Crippen molar-refractivity contribution in [2.45, 2.75) is 31.9 Å². The van der Waals surface area contributed by atoms with Crippen molar-refractivity contribution in [2.24, 2.45) is 5.73 Å². The number of carbonyl (C=O) groups excluding carboxylic acids is 1. The fraction of sp³-hybridized carbons (Fsp3) is 0.312. The lowest BCUT2D eigenvalue weighted by atomic mass is 10.1. The third kappa shape index (κ3) is 8.70. The van der Waals surface area contributed by atoms with Gasteiger partial charge in [0.05, 0.1) is 0 Å². The van der Waals surface area contributed by atoms with Crippen LogP contribution in [0.1, 0.15) is 24.0 Å². The fourth-order valence-corrected chi connectivity index (χ4v) is 2.55. The molecule has 138 valence electrons. The first-order valence-corrected chi connectivity index (χ1v) is 7.93. The van der Waals surface area contributed by atoms with Gasteiger partial charge >= 0.3 is 5.97 Å². The highest BCUT2D eigenvalue weighted by atomic mass is 35.5. The van der Waals surface area contributed by atoms with Crippen molar-refractivity contribution >= 4 is 54.0 Å². The van der Waals surface area contributed by atoms with E-state index >= 15 is 0 Å². The van der Waals surface area contributed by atoms with E-state index in [1.807, 2.05) is 12.1 Å². The summed E-state index contributed by atoms with van der Waals surface area (Å²) in [4.78, 5) is 19.8. The molecule has 1 atom stereocenters. The molecule has 2 aromatic heterocycles. The van der Waals surface area contributed by atoms with Crippen molar-refractivity contribution in [2.75, 3.05) is 0 Å². The molecule has 0 aliphatic rings. The Kier molecular flexibility index (Phi) is 11.7. The van der Waals surface area contributed by atoms with Gasteiger partial charge in [-0.05, 0) is 48.6 Å². The highest BCUT2D eigenvalue weighted by molar-refractivity contribution is 6.32. The summed E-state index contributed by atoms with van der Waals surface area (Å²) in [7, 11) is 0. The van der Waals surface area contributed by atoms with Crippen molar-refractivity contribution < 1.29 is 9.53 Å². The normalized spacial score (nSPS) is 11.0. The van der Waals surface area contributed by atoms with Crippen LogP contribution < -0.4 is 5.73 Å². The van der Waals surface area contributed by atoms with Crippen molar-refractivity contribution in [3.05, 3.63) is 58.1 Å². The molecule has 0 bridgehead atoms. The zero-order valence-corrected chi connectivity index (χ0v) is 16.4. The van der Waals surface area contributed by atoms with Gasteiger partial charge in [-0.25, -0.2) is 4.98 Å². The molecule has 0 radical (unpaired) electrons. The largest absolute Gasteiger partial charge is 0.460 e. The summed E-state index contributed by atoms with van der Waals surface area (Å²) in [6, 6.07) is 6.41. The molecule has 0 amide bonds. The average Bonchev–Trinajstić information content (AvgIpc) is 2.52. The molecule has 25 heavy (non-hydrogen) atoms. The number of hydrogen-bond acceptors (Lipinski definition) is 5. The maximum Gasteiger partial charge on any atom is 0.323 e. The fourth-order valence-electron chi connectivity index (χ4n) is 2.05. The van der Waals surface area contributed by atoms with Gasteiger partial charge in [0.25, 0.3) is 0 Å². The molecule has 2 aromatic rings. The lowest BCUT2D eigenvalue weighted by molar-refractivity contribution is -0.146. The van der Waals surface area contributed by atoms with E-state index in [-0.39, 0.29) is 41.7 Å². The van der Waals surface area contributed by atoms with Crippen LogP contribution in [0.5, 0.6) is 0 Å². The Bertz CT molecular complexity index is 639. The standard InChI is InChI=1S/C16H17Cl2N3O2.2ClH/c17-14-7-12(8-15(18)21-14)10-23-16(22)13(19)5-1-3-11-4-2-6-20-9-11;;/h2,4,6-9,13H,1,3,5,10,19H2;2*1H/t13-;;/m0../s1. The van der Waals surface area contributed by atoms with E-state index in [2.05, 4.69) is 9.97 Å². The van der Waals surface area contributed by atoms with Crippen molar-refractivity contribution in [3.63, 3.8) is 0 Å². The van der Waals surface area contributed by atoms with Gasteiger partial charge in [0.2, 0.25) is 0 Å². The van der Waals surface area contributed by atoms with Gasteiger partial charge in [-0.3, -0.25) is 9.78 Å². The molecule has 2 rings (SSSR count). The van der Waals surface area contributed by atoms with E-state index in [4.69, 9.17) is 33.7 Å². The van der Waals surface area contributed by atoms with Gasteiger partial charge < -0.3 is 10.5 Å². The number of aryl methyl sites for hydroxylation is 1. The molecule has 2 N–H and O–H groups in total. The molecule has 0 saturated carbocycles.